The molecule has 20 heavy (non-hydrogen) atoms. The largest absolute Gasteiger partial charge is 0.487 e. The number of rotatable bonds is 2. The molecule has 1 atom stereocenters. The molecule has 0 saturated carbocycles. The predicted octanol–water partition coefficient (Wildman–Crippen LogP) is 2.03. The first-order valence-electron chi connectivity index (χ1n) is 6.98. The van der Waals surface area contributed by atoms with E-state index in [0.717, 1.165) is 31.2 Å². The van der Waals surface area contributed by atoms with E-state index in [1.54, 1.807) is 13.2 Å². The summed E-state index contributed by atoms with van der Waals surface area (Å²) in [5.41, 5.74) is 0. The molecule has 1 aromatic rings. The number of fused-ring (bicyclic) bond motifs is 3. The van der Waals surface area contributed by atoms with Crippen molar-refractivity contribution < 1.29 is 9.47 Å². The van der Waals surface area contributed by atoms with Gasteiger partial charge in [-0.15, -0.1) is 0 Å². The van der Waals surface area contributed by atoms with Gasteiger partial charge in [0.15, 0.2) is 11.6 Å². The summed E-state index contributed by atoms with van der Waals surface area (Å²) < 4.78 is 11.0. The van der Waals surface area contributed by atoms with Gasteiger partial charge in [0.25, 0.3) is 0 Å². The number of hydrogen-bond acceptors (Lipinski definition) is 5. The molecule has 6 heteroatoms. The van der Waals surface area contributed by atoms with Gasteiger partial charge in [-0.25, -0.2) is 0 Å². The van der Waals surface area contributed by atoms with Crippen LogP contribution in [0.4, 0.5) is 5.82 Å². The number of piperazine rings is 1. The number of nitrogens with zero attached hydrogens (tertiary/aromatic N) is 3. The highest BCUT2D eigenvalue weighted by atomic mass is 35.5. The van der Waals surface area contributed by atoms with Gasteiger partial charge in [0, 0.05) is 31.7 Å². The van der Waals surface area contributed by atoms with Crippen molar-refractivity contribution in [1.29, 1.82) is 0 Å². The zero-order valence-corrected chi connectivity index (χ0v) is 12.9. The van der Waals surface area contributed by atoms with Gasteiger partial charge >= 0.3 is 0 Å². The number of pyridine rings is 1. The first-order chi connectivity index (χ1) is 9.60. The van der Waals surface area contributed by atoms with E-state index in [1.807, 2.05) is 0 Å². The fourth-order valence-electron chi connectivity index (χ4n) is 2.86. The fraction of sp³-hybridized carbons (Fsp3) is 0.643. The number of anilines is 1. The van der Waals surface area contributed by atoms with Crippen molar-refractivity contribution in [3.63, 3.8) is 0 Å². The second-order valence-corrected chi connectivity index (χ2v) is 5.96. The maximum Gasteiger partial charge on any atom is 0.234 e. The van der Waals surface area contributed by atoms with Crippen LogP contribution in [-0.2, 0) is 0 Å². The van der Waals surface area contributed by atoms with Crippen LogP contribution in [0.25, 0.3) is 0 Å². The Labute approximate surface area is 124 Å². The van der Waals surface area contributed by atoms with Crippen molar-refractivity contribution in [2.24, 2.45) is 0 Å². The molecule has 0 radical (unpaired) electrons. The Morgan fingerprint density at radius 2 is 2.25 bits per heavy atom. The van der Waals surface area contributed by atoms with Crippen LogP contribution in [0.1, 0.15) is 13.8 Å². The molecule has 0 aliphatic carbocycles. The highest BCUT2D eigenvalue weighted by Gasteiger charge is 2.35. The summed E-state index contributed by atoms with van der Waals surface area (Å²) in [5, 5.41) is 0.491. The van der Waals surface area contributed by atoms with E-state index in [9.17, 15) is 0 Å². The summed E-state index contributed by atoms with van der Waals surface area (Å²) >= 11 is 6.11. The predicted molar refractivity (Wildman–Crippen MR) is 79.1 cm³/mol. The van der Waals surface area contributed by atoms with Crippen molar-refractivity contribution in [3.05, 3.63) is 11.1 Å². The van der Waals surface area contributed by atoms with Crippen LogP contribution in [0.15, 0.2) is 6.07 Å². The normalized spacial score (nSPS) is 22.2. The Morgan fingerprint density at radius 1 is 1.45 bits per heavy atom. The topological polar surface area (TPSA) is 37.8 Å². The van der Waals surface area contributed by atoms with Crippen LogP contribution >= 0.6 is 11.6 Å². The molecule has 3 heterocycles. The maximum atomic E-state index is 6.11. The summed E-state index contributed by atoms with van der Waals surface area (Å²) in [6.45, 7) is 8.14. The molecule has 2 aliphatic heterocycles. The Morgan fingerprint density at radius 3 is 2.95 bits per heavy atom. The molecule has 5 nitrogen and oxygen atoms in total. The SMILES string of the molecule is COc1nc2c(cc1Cl)OCC1CN(C(C)C)CCN21. The zero-order valence-electron chi connectivity index (χ0n) is 12.1. The molecular formula is C14H20ClN3O2. The second-order valence-electron chi connectivity index (χ2n) is 5.55. The van der Waals surface area contributed by atoms with Gasteiger partial charge in [0.2, 0.25) is 5.88 Å². The number of methoxy groups -OCH3 is 1. The number of hydrogen-bond donors (Lipinski definition) is 0. The highest BCUT2D eigenvalue weighted by Crippen LogP contribution is 2.39. The lowest BCUT2D eigenvalue weighted by Crippen LogP contribution is -2.58. The average molecular weight is 298 g/mol. The number of halogens is 1. The molecule has 3 rings (SSSR count). The minimum absolute atomic E-state index is 0.344. The number of aromatic nitrogens is 1. The standard InChI is InChI=1S/C14H20ClN3O2/c1-9(2)17-4-5-18-10(7-17)8-20-12-6-11(15)14(19-3)16-13(12)18/h6,9-10H,4-5,7-8H2,1-3H3. The second kappa shape index (κ2) is 5.30. The Bertz CT molecular complexity index is 509. The van der Waals surface area contributed by atoms with E-state index in [-0.39, 0.29) is 0 Å². The Balaban J connectivity index is 1.89. The summed E-state index contributed by atoms with van der Waals surface area (Å²) in [4.78, 5) is 9.30. The van der Waals surface area contributed by atoms with Gasteiger partial charge < -0.3 is 14.4 Å². The minimum Gasteiger partial charge on any atom is -0.487 e. The first-order valence-corrected chi connectivity index (χ1v) is 7.36. The van der Waals surface area contributed by atoms with Gasteiger partial charge in [0.1, 0.15) is 11.6 Å². The monoisotopic (exact) mass is 297 g/mol. The van der Waals surface area contributed by atoms with E-state index in [4.69, 9.17) is 21.1 Å². The van der Waals surface area contributed by atoms with Crippen LogP contribution in [-0.4, -0.2) is 55.3 Å². The van der Waals surface area contributed by atoms with Gasteiger partial charge in [-0.05, 0) is 13.8 Å². The molecule has 0 spiro atoms. The Kier molecular flexibility index (Phi) is 3.65. The van der Waals surface area contributed by atoms with Gasteiger partial charge in [-0.2, -0.15) is 4.98 Å². The van der Waals surface area contributed by atoms with Crippen LogP contribution in [0.3, 0.4) is 0 Å². The van der Waals surface area contributed by atoms with Crippen molar-refractivity contribution in [2.45, 2.75) is 25.9 Å². The molecule has 2 aliphatic rings. The molecule has 1 aromatic heterocycles. The van der Waals surface area contributed by atoms with Crippen LogP contribution in [0.2, 0.25) is 5.02 Å². The van der Waals surface area contributed by atoms with E-state index in [2.05, 4.69) is 28.6 Å². The molecule has 0 N–H and O–H groups in total. The third-order valence-electron chi connectivity index (χ3n) is 4.03. The third kappa shape index (κ3) is 2.29. The number of ether oxygens (including phenoxy) is 2. The lowest BCUT2D eigenvalue weighted by atomic mass is 10.1. The lowest BCUT2D eigenvalue weighted by molar-refractivity contribution is 0.140. The minimum atomic E-state index is 0.344. The van der Waals surface area contributed by atoms with Crippen molar-refractivity contribution in [2.75, 3.05) is 38.3 Å². The van der Waals surface area contributed by atoms with Gasteiger partial charge in [0.05, 0.1) is 13.2 Å². The van der Waals surface area contributed by atoms with E-state index in [1.165, 1.54) is 0 Å². The van der Waals surface area contributed by atoms with Gasteiger partial charge in [-0.1, -0.05) is 11.6 Å². The molecule has 1 unspecified atom stereocenters. The van der Waals surface area contributed by atoms with Crippen molar-refractivity contribution in [3.8, 4) is 11.6 Å². The van der Waals surface area contributed by atoms with Crippen LogP contribution in [0.5, 0.6) is 11.6 Å². The molecule has 110 valence electrons. The van der Waals surface area contributed by atoms with E-state index < -0.39 is 0 Å². The fourth-order valence-corrected chi connectivity index (χ4v) is 3.08. The maximum absolute atomic E-state index is 6.11. The molecule has 1 fully saturated rings. The molecule has 0 bridgehead atoms. The van der Waals surface area contributed by atoms with Gasteiger partial charge in [-0.3, -0.25) is 4.90 Å². The molecule has 0 aromatic carbocycles. The molecular weight excluding hydrogens is 278 g/mol. The quantitative estimate of drug-likeness (QED) is 0.835. The summed E-state index contributed by atoms with van der Waals surface area (Å²) in [6, 6.07) is 2.71. The summed E-state index contributed by atoms with van der Waals surface area (Å²) in [5.74, 6) is 2.07. The van der Waals surface area contributed by atoms with Crippen LogP contribution < -0.4 is 14.4 Å². The third-order valence-corrected chi connectivity index (χ3v) is 4.30. The zero-order chi connectivity index (χ0) is 14.3. The Hall–Kier alpha value is -1.20. The smallest absolute Gasteiger partial charge is 0.234 e. The summed E-state index contributed by atoms with van der Waals surface area (Å²) in [7, 11) is 1.58. The highest BCUT2D eigenvalue weighted by molar-refractivity contribution is 6.32. The average Bonchev–Trinajstić information content (AvgIpc) is 2.45. The molecule has 1 saturated heterocycles. The first kappa shape index (κ1) is 13.8. The lowest BCUT2D eigenvalue weighted by Gasteiger charge is -2.46. The summed E-state index contributed by atoms with van der Waals surface area (Å²) in [6.07, 6.45) is 0. The van der Waals surface area contributed by atoms with Crippen LogP contribution in [0, 0.1) is 0 Å². The molecule has 0 amide bonds. The van der Waals surface area contributed by atoms with Crippen molar-refractivity contribution >= 4 is 17.4 Å². The van der Waals surface area contributed by atoms with E-state index in [0.29, 0.717) is 29.6 Å². The van der Waals surface area contributed by atoms with Crippen molar-refractivity contribution in [1.82, 2.24) is 9.88 Å². The van der Waals surface area contributed by atoms with E-state index >= 15 is 0 Å².